The second-order valence-corrected chi connectivity index (χ2v) is 6.92. The van der Waals surface area contributed by atoms with Gasteiger partial charge in [0.1, 0.15) is 0 Å². The molecule has 1 fully saturated rings. The number of nitrogens with zero attached hydrogens (tertiary/aromatic N) is 1. The molecule has 4 nitrogen and oxygen atoms in total. The molecule has 1 unspecified atom stereocenters. The Morgan fingerprint density at radius 1 is 1.32 bits per heavy atom. The number of halogens is 2. The van der Waals surface area contributed by atoms with Crippen LogP contribution in [0.15, 0.2) is 18.2 Å². The minimum atomic E-state index is -0.840. The Kier molecular flexibility index (Phi) is 5.03. The largest absolute Gasteiger partial charge is 0.481 e. The molecular weight excluding hydrogens is 325 g/mol. The molecule has 6 heteroatoms. The lowest BCUT2D eigenvalue weighted by atomic mass is 9.76. The number of amides is 1. The summed E-state index contributed by atoms with van der Waals surface area (Å²) in [6.07, 6.45) is 0.692. The van der Waals surface area contributed by atoms with E-state index in [1.165, 1.54) is 0 Å². The third-order valence-electron chi connectivity index (χ3n) is 4.52. The van der Waals surface area contributed by atoms with Crippen molar-refractivity contribution in [3.63, 3.8) is 0 Å². The average Bonchev–Trinajstić information content (AvgIpc) is 2.89. The standard InChI is InChI=1S/C16H19Cl2NO3/c1-10(2)16(15(21)22)5-6-19(9-16)14(20)8-11-3-4-12(17)13(18)7-11/h3-4,7,10H,5-6,8-9H2,1-2H3,(H,21,22). The van der Waals surface area contributed by atoms with E-state index in [2.05, 4.69) is 0 Å². The van der Waals surface area contributed by atoms with Crippen molar-refractivity contribution in [2.75, 3.05) is 13.1 Å². The van der Waals surface area contributed by atoms with E-state index in [4.69, 9.17) is 23.2 Å². The van der Waals surface area contributed by atoms with E-state index in [0.717, 1.165) is 5.56 Å². The van der Waals surface area contributed by atoms with Gasteiger partial charge in [0.05, 0.1) is 21.9 Å². The van der Waals surface area contributed by atoms with E-state index in [9.17, 15) is 14.7 Å². The number of hydrogen-bond donors (Lipinski definition) is 1. The fourth-order valence-corrected chi connectivity index (χ4v) is 3.20. The summed E-state index contributed by atoms with van der Waals surface area (Å²) in [4.78, 5) is 25.6. The van der Waals surface area contributed by atoms with Crippen LogP contribution in [-0.2, 0) is 16.0 Å². The summed E-state index contributed by atoms with van der Waals surface area (Å²) in [7, 11) is 0. The maximum atomic E-state index is 12.4. The molecule has 0 saturated carbocycles. The van der Waals surface area contributed by atoms with Crippen LogP contribution in [0.5, 0.6) is 0 Å². The summed E-state index contributed by atoms with van der Waals surface area (Å²) in [6, 6.07) is 5.09. The SMILES string of the molecule is CC(C)C1(C(=O)O)CCN(C(=O)Cc2ccc(Cl)c(Cl)c2)C1. The Morgan fingerprint density at radius 2 is 2.00 bits per heavy atom. The number of carboxylic acids is 1. The van der Waals surface area contributed by atoms with Gasteiger partial charge >= 0.3 is 5.97 Å². The second-order valence-electron chi connectivity index (χ2n) is 6.11. The van der Waals surface area contributed by atoms with Gasteiger partial charge < -0.3 is 10.0 Å². The van der Waals surface area contributed by atoms with Gasteiger partial charge in [0, 0.05) is 13.1 Å². The van der Waals surface area contributed by atoms with Crippen molar-refractivity contribution < 1.29 is 14.7 Å². The second kappa shape index (κ2) is 6.47. The number of carboxylic acid groups (broad SMARTS) is 1. The summed E-state index contributed by atoms with van der Waals surface area (Å²) in [6.45, 7) is 4.52. The van der Waals surface area contributed by atoms with E-state index in [1.54, 1.807) is 23.1 Å². The molecule has 0 aliphatic carbocycles. The van der Waals surface area contributed by atoms with E-state index in [1.807, 2.05) is 13.8 Å². The van der Waals surface area contributed by atoms with E-state index >= 15 is 0 Å². The van der Waals surface area contributed by atoms with Gasteiger partial charge in [-0.3, -0.25) is 9.59 Å². The number of benzene rings is 1. The normalized spacial score (nSPS) is 21.4. The molecule has 0 aromatic heterocycles. The topological polar surface area (TPSA) is 57.6 Å². The van der Waals surface area contributed by atoms with Crippen LogP contribution in [0.2, 0.25) is 10.0 Å². The third-order valence-corrected chi connectivity index (χ3v) is 5.26. The van der Waals surface area contributed by atoms with Gasteiger partial charge in [0.15, 0.2) is 0 Å². The molecule has 120 valence electrons. The Morgan fingerprint density at radius 3 is 2.50 bits per heavy atom. The van der Waals surface area contributed by atoms with Crippen LogP contribution in [0, 0.1) is 11.3 Å². The molecule has 1 heterocycles. The Bertz CT molecular complexity index is 603. The maximum absolute atomic E-state index is 12.4. The van der Waals surface area contributed by atoms with Crippen molar-refractivity contribution in [2.24, 2.45) is 11.3 Å². The fraction of sp³-hybridized carbons (Fsp3) is 0.500. The number of carbonyl (C=O) groups excluding carboxylic acids is 1. The number of carbonyl (C=O) groups is 2. The van der Waals surface area contributed by atoms with Crippen LogP contribution in [0.1, 0.15) is 25.8 Å². The molecule has 1 amide bonds. The van der Waals surface area contributed by atoms with Crippen LogP contribution in [0.3, 0.4) is 0 Å². The van der Waals surface area contributed by atoms with Crippen molar-refractivity contribution >= 4 is 35.1 Å². The molecule has 22 heavy (non-hydrogen) atoms. The molecule has 1 saturated heterocycles. The van der Waals surface area contributed by atoms with Gasteiger partial charge in [0.25, 0.3) is 0 Å². The van der Waals surface area contributed by atoms with Crippen molar-refractivity contribution in [2.45, 2.75) is 26.7 Å². The maximum Gasteiger partial charge on any atom is 0.311 e. The van der Waals surface area contributed by atoms with E-state index < -0.39 is 11.4 Å². The van der Waals surface area contributed by atoms with Crippen molar-refractivity contribution in [1.82, 2.24) is 4.90 Å². The minimum absolute atomic E-state index is 0.0206. The van der Waals surface area contributed by atoms with Gasteiger partial charge in [-0.2, -0.15) is 0 Å². The minimum Gasteiger partial charge on any atom is -0.481 e. The first kappa shape index (κ1) is 17.1. The predicted octanol–water partition coefficient (Wildman–Crippen LogP) is 3.50. The Labute approximate surface area is 140 Å². The summed E-state index contributed by atoms with van der Waals surface area (Å²) in [5.74, 6) is -0.928. The van der Waals surface area contributed by atoms with E-state index in [-0.39, 0.29) is 24.8 Å². The van der Waals surface area contributed by atoms with Crippen molar-refractivity contribution in [3.05, 3.63) is 33.8 Å². The number of likely N-dealkylation sites (tertiary alicyclic amines) is 1. The zero-order valence-corrected chi connectivity index (χ0v) is 14.1. The summed E-state index contributed by atoms with van der Waals surface area (Å²) < 4.78 is 0. The quantitative estimate of drug-likeness (QED) is 0.910. The highest BCUT2D eigenvalue weighted by Crippen LogP contribution is 2.38. The summed E-state index contributed by atoms with van der Waals surface area (Å²) >= 11 is 11.8. The van der Waals surface area contributed by atoms with Crippen LogP contribution in [0.25, 0.3) is 0 Å². The molecule has 0 spiro atoms. The van der Waals surface area contributed by atoms with Gasteiger partial charge in [-0.05, 0) is 30.0 Å². The molecule has 0 bridgehead atoms. The molecule has 1 aromatic rings. The summed E-state index contributed by atoms with van der Waals surface area (Å²) in [5, 5.41) is 10.4. The van der Waals surface area contributed by atoms with Gasteiger partial charge in [-0.1, -0.05) is 43.1 Å². The van der Waals surface area contributed by atoms with Crippen molar-refractivity contribution in [3.8, 4) is 0 Å². The molecule has 1 aromatic carbocycles. The van der Waals surface area contributed by atoms with Crippen LogP contribution < -0.4 is 0 Å². The zero-order valence-electron chi connectivity index (χ0n) is 12.6. The monoisotopic (exact) mass is 343 g/mol. The lowest BCUT2D eigenvalue weighted by Crippen LogP contribution is -2.41. The highest BCUT2D eigenvalue weighted by molar-refractivity contribution is 6.42. The van der Waals surface area contributed by atoms with Gasteiger partial charge in [-0.15, -0.1) is 0 Å². The fourth-order valence-electron chi connectivity index (χ4n) is 2.87. The Balaban J connectivity index is 2.08. The highest BCUT2D eigenvalue weighted by Gasteiger charge is 2.48. The number of hydrogen-bond acceptors (Lipinski definition) is 2. The first-order valence-electron chi connectivity index (χ1n) is 7.21. The number of aliphatic carboxylic acids is 1. The van der Waals surface area contributed by atoms with Crippen LogP contribution in [0.4, 0.5) is 0 Å². The third kappa shape index (κ3) is 3.23. The molecule has 2 rings (SSSR count). The Hall–Kier alpha value is -1.26. The molecule has 0 radical (unpaired) electrons. The molecule has 1 aliphatic rings. The lowest BCUT2D eigenvalue weighted by molar-refractivity contribution is -0.151. The molecular formula is C16H19Cl2NO3. The highest BCUT2D eigenvalue weighted by atomic mass is 35.5. The first-order chi connectivity index (χ1) is 10.3. The van der Waals surface area contributed by atoms with Gasteiger partial charge in [-0.25, -0.2) is 0 Å². The van der Waals surface area contributed by atoms with Gasteiger partial charge in [0.2, 0.25) is 5.91 Å². The predicted molar refractivity (Wildman–Crippen MR) is 86.3 cm³/mol. The van der Waals surface area contributed by atoms with Crippen LogP contribution >= 0.6 is 23.2 Å². The average molecular weight is 344 g/mol. The molecule has 1 N–H and O–H groups in total. The van der Waals surface area contributed by atoms with Crippen molar-refractivity contribution in [1.29, 1.82) is 0 Å². The number of rotatable bonds is 4. The zero-order chi connectivity index (χ0) is 16.5. The van der Waals surface area contributed by atoms with Crippen LogP contribution in [-0.4, -0.2) is 35.0 Å². The molecule has 1 aliphatic heterocycles. The first-order valence-corrected chi connectivity index (χ1v) is 7.97. The molecule has 1 atom stereocenters. The lowest BCUT2D eigenvalue weighted by Gasteiger charge is -2.28. The smallest absolute Gasteiger partial charge is 0.311 e. The van der Waals surface area contributed by atoms with E-state index in [0.29, 0.717) is 23.0 Å². The summed E-state index contributed by atoms with van der Waals surface area (Å²) in [5.41, 5.74) is -0.0652.